The van der Waals surface area contributed by atoms with Gasteiger partial charge in [0.05, 0.1) is 25.3 Å². The first-order chi connectivity index (χ1) is 40.2. The van der Waals surface area contributed by atoms with Crippen molar-refractivity contribution in [2.75, 3.05) is 26.3 Å². The van der Waals surface area contributed by atoms with Crippen LogP contribution in [-0.4, -0.2) is 105 Å². The predicted octanol–water partition coefficient (Wildman–Crippen LogP) is 14.1. The van der Waals surface area contributed by atoms with Crippen molar-refractivity contribution >= 4 is 133 Å². The highest BCUT2D eigenvalue weighted by Crippen LogP contribution is 2.49. The second-order valence-corrected chi connectivity index (χ2v) is 23.8. The number of amides is 8. The molecule has 14 rings (SSSR count). The van der Waals surface area contributed by atoms with Gasteiger partial charge in [-0.1, -0.05) is 115 Å². The smallest absolute Gasteiger partial charge is 0.261 e. The summed E-state index contributed by atoms with van der Waals surface area (Å²) in [6, 6.07) is 28.1. The lowest BCUT2D eigenvalue weighted by Gasteiger charge is -2.34. The molecule has 0 saturated carbocycles. The number of hydrogen-bond donors (Lipinski definition) is 0. The quantitative estimate of drug-likeness (QED) is 0.0463. The van der Waals surface area contributed by atoms with Crippen molar-refractivity contribution in [3.05, 3.63) is 142 Å². The molecule has 13 nitrogen and oxygen atoms in total. The molecule has 4 aliphatic rings. The minimum atomic E-state index is -0.735. The molecule has 0 bridgehead atoms. The van der Waals surface area contributed by atoms with Crippen LogP contribution in [0.5, 0.6) is 0 Å². The molecule has 10 aromatic carbocycles. The van der Waals surface area contributed by atoms with Crippen molar-refractivity contribution in [1.82, 2.24) is 19.6 Å². The van der Waals surface area contributed by atoms with Gasteiger partial charge in [0.15, 0.2) is 0 Å². The fraction of sp³-hybridized carbons (Fsp3) is 0.314. The average molecular weight is 1100 g/mol. The van der Waals surface area contributed by atoms with E-state index in [1.165, 1.54) is 19.6 Å². The van der Waals surface area contributed by atoms with Crippen LogP contribution in [0.25, 0.3) is 86.2 Å². The van der Waals surface area contributed by atoms with Crippen LogP contribution in [0.2, 0.25) is 0 Å². The number of imide groups is 4. The minimum absolute atomic E-state index is 0.0693. The van der Waals surface area contributed by atoms with Crippen LogP contribution in [0.3, 0.4) is 0 Å². The highest BCUT2D eigenvalue weighted by Gasteiger charge is 2.42. The first-order valence-electron chi connectivity index (χ1n) is 29.7. The zero-order chi connectivity index (χ0) is 57.6. The van der Waals surface area contributed by atoms with E-state index in [0.717, 1.165) is 116 Å². The Balaban J connectivity index is 0.715. The van der Waals surface area contributed by atoms with Gasteiger partial charge in [0.25, 0.3) is 47.3 Å². The maximum Gasteiger partial charge on any atom is 0.261 e. The molecule has 0 N–H and O–H groups in total. The van der Waals surface area contributed by atoms with Crippen molar-refractivity contribution < 1.29 is 43.1 Å². The molecule has 83 heavy (non-hydrogen) atoms. The average Bonchev–Trinajstić information content (AvgIpc) is 2.89. The summed E-state index contributed by atoms with van der Waals surface area (Å²) in [7, 11) is 0. The number of fused-ring (bicyclic) bond motifs is 4. The summed E-state index contributed by atoms with van der Waals surface area (Å²) in [5.74, 6) is -2.62. The van der Waals surface area contributed by atoms with Crippen LogP contribution in [0.15, 0.2) is 97.1 Å². The van der Waals surface area contributed by atoms with Gasteiger partial charge >= 0.3 is 0 Å². The van der Waals surface area contributed by atoms with E-state index in [4.69, 9.17) is 4.74 Å². The molecular weight excluding hydrogens is 1040 g/mol. The van der Waals surface area contributed by atoms with E-state index in [1.807, 2.05) is 72.8 Å². The Morgan fingerprint density at radius 3 is 0.771 bits per heavy atom. The first kappa shape index (κ1) is 52.4. The van der Waals surface area contributed by atoms with Gasteiger partial charge in [-0.05, 0) is 152 Å². The summed E-state index contributed by atoms with van der Waals surface area (Å²) in [5.41, 5.74) is 3.44. The summed E-state index contributed by atoms with van der Waals surface area (Å²) in [6.45, 7) is 12.6. The lowest BCUT2D eigenvalue weighted by atomic mass is 9.82. The fourth-order valence-corrected chi connectivity index (χ4v) is 14.7. The minimum Gasteiger partial charge on any atom is -0.377 e. The van der Waals surface area contributed by atoms with E-state index in [2.05, 4.69) is 27.7 Å². The van der Waals surface area contributed by atoms with E-state index in [9.17, 15) is 38.4 Å². The first-order valence-corrected chi connectivity index (χ1v) is 29.7. The molecule has 0 radical (unpaired) electrons. The topological polar surface area (TPSA) is 159 Å². The number of carbonyl (C=O) groups is 8. The molecule has 4 aliphatic heterocycles. The van der Waals surface area contributed by atoms with E-state index in [0.29, 0.717) is 79.1 Å². The molecule has 0 aliphatic carbocycles. The molecule has 0 fully saturated rings. The van der Waals surface area contributed by atoms with Gasteiger partial charge in [-0.15, -0.1) is 0 Å². The highest BCUT2D eigenvalue weighted by molar-refractivity contribution is 6.43. The summed E-state index contributed by atoms with van der Waals surface area (Å²) >= 11 is 0. The highest BCUT2D eigenvalue weighted by atomic mass is 16.5. The summed E-state index contributed by atoms with van der Waals surface area (Å²) in [5, 5.41) is 12.0. The fourth-order valence-electron chi connectivity index (χ4n) is 14.7. The van der Waals surface area contributed by atoms with Crippen LogP contribution >= 0.6 is 0 Å². The number of hydrogen-bond acceptors (Lipinski definition) is 9. The van der Waals surface area contributed by atoms with Gasteiger partial charge in [0.1, 0.15) is 0 Å². The Bertz CT molecular complexity index is 4050. The molecule has 0 aromatic heterocycles. The van der Waals surface area contributed by atoms with Gasteiger partial charge in [0, 0.05) is 79.1 Å². The van der Waals surface area contributed by atoms with Gasteiger partial charge in [-0.25, -0.2) is 0 Å². The third kappa shape index (κ3) is 7.35. The number of unbranched alkanes of at least 4 members (excludes halogenated alkanes) is 2. The zero-order valence-corrected chi connectivity index (χ0v) is 47.5. The molecule has 4 heterocycles. The number of ether oxygens (including phenoxy) is 1. The van der Waals surface area contributed by atoms with E-state index >= 15 is 0 Å². The lowest BCUT2D eigenvalue weighted by Crippen LogP contribution is -2.49. The van der Waals surface area contributed by atoms with Crippen LogP contribution in [0.1, 0.15) is 176 Å². The number of nitrogens with zero attached hydrogens (tertiary/aromatic N) is 4. The Morgan fingerprint density at radius 1 is 0.325 bits per heavy atom. The second kappa shape index (κ2) is 19.5. The molecule has 0 spiro atoms. The summed E-state index contributed by atoms with van der Waals surface area (Å²) in [6.07, 6.45) is 7.79. The molecule has 10 aromatic rings. The van der Waals surface area contributed by atoms with Gasteiger partial charge in [-0.3, -0.25) is 58.0 Å². The molecule has 0 saturated heterocycles. The summed E-state index contributed by atoms with van der Waals surface area (Å²) in [4.78, 5) is 121. The molecule has 4 unspecified atom stereocenters. The van der Waals surface area contributed by atoms with Gasteiger partial charge in [0.2, 0.25) is 0 Å². The molecule has 8 amide bonds. The third-order valence-corrected chi connectivity index (χ3v) is 19.1. The SMILES string of the molecule is CCCCC(CC)CN1C(=O)c2ccc3c4ccc5c6c(ccc(c7ccc(c2c37)C1=O)c64)C(=O)N(C(C)COCC(C)N1C(=O)c2ccc3c4ccc6c7c(ccc(c8ccc(c2c38)C1=O)c74)C(=O)N(CC(CC)CCCC)C6=O)C5=O. The van der Waals surface area contributed by atoms with Gasteiger partial charge < -0.3 is 4.74 Å². The van der Waals surface area contributed by atoms with Crippen molar-refractivity contribution in [1.29, 1.82) is 0 Å². The van der Waals surface area contributed by atoms with E-state index in [-0.39, 0.29) is 48.7 Å². The second-order valence-electron chi connectivity index (χ2n) is 23.8. The Morgan fingerprint density at radius 2 is 0.554 bits per heavy atom. The van der Waals surface area contributed by atoms with Crippen LogP contribution in [0.4, 0.5) is 0 Å². The maximum absolute atomic E-state index is 14.6. The van der Waals surface area contributed by atoms with E-state index in [1.54, 1.807) is 38.1 Å². The number of rotatable bonds is 18. The van der Waals surface area contributed by atoms with E-state index < -0.39 is 35.7 Å². The summed E-state index contributed by atoms with van der Waals surface area (Å²) < 4.78 is 6.25. The van der Waals surface area contributed by atoms with Crippen molar-refractivity contribution in [2.24, 2.45) is 11.8 Å². The Kier molecular flexibility index (Phi) is 12.3. The zero-order valence-electron chi connectivity index (χ0n) is 47.5. The van der Waals surface area contributed by atoms with Crippen LogP contribution < -0.4 is 0 Å². The third-order valence-electron chi connectivity index (χ3n) is 19.1. The van der Waals surface area contributed by atoms with Gasteiger partial charge in [-0.2, -0.15) is 0 Å². The Hall–Kier alpha value is -8.68. The number of benzene rings is 10. The maximum atomic E-state index is 14.6. The molecule has 4 atom stereocenters. The molecule has 13 heteroatoms. The number of carbonyl (C=O) groups excluding carboxylic acids is 8. The van der Waals surface area contributed by atoms with Crippen molar-refractivity contribution in [3.8, 4) is 0 Å². The monoisotopic (exact) mass is 1100 g/mol. The standard InChI is InChI=1S/C70H62N4O9/c1-7-11-13-37(9-3)31-71-63(75)47-23-15-39-43-19-27-51-61-52(28-20-44(57(43)61)40-16-24-48(64(71)76)59(47)55(39)40)68(80)73(67(51)79)35(5)33-83-34-36(6)74-69(81)53-29-21-45-41-17-25-49-60-50(66(78)72(65(49)77)32-38(10-4)14-12-8-2)26-18-42(56(41)60)46-22-30-54(70(74)82)62(53)58(45)46/h15-30,35-38H,7-14,31-34H2,1-6H3. The largest absolute Gasteiger partial charge is 0.377 e. The van der Waals surface area contributed by atoms with Crippen LogP contribution in [-0.2, 0) is 4.74 Å². The Labute approximate surface area is 478 Å². The normalized spacial score (nSPS) is 16.8. The van der Waals surface area contributed by atoms with Crippen LogP contribution in [0, 0.1) is 11.8 Å². The lowest BCUT2D eigenvalue weighted by molar-refractivity contribution is 0.0235. The molecular formula is C70H62N4O9. The predicted molar refractivity (Wildman–Crippen MR) is 323 cm³/mol. The van der Waals surface area contributed by atoms with Crippen molar-refractivity contribution in [3.63, 3.8) is 0 Å². The van der Waals surface area contributed by atoms with Crippen molar-refractivity contribution in [2.45, 2.75) is 105 Å². The molecule has 416 valence electrons.